The van der Waals surface area contributed by atoms with Crippen LogP contribution in [0.4, 0.5) is 0 Å². The zero-order valence-electron chi connectivity index (χ0n) is 9.77. The van der Waals surface area contributed by atoms with Crippen molar-refractivity contribution in [1.82, 2.24) is 9.55 Å². The predicted molar refractivity (Wildman–Crippen MR) is 71.7 cm³/mol. The fraction of sp³-hybridized carbons (Fsp3) is 0.333. The Balaban J connectivity index is 3.30. The fourth-order valence-electron chi connectivity index (χ4n) is 1.39. The summed E-state index contributed by atoms with van der Waals surface area (Å²) in [6.45, 7) is 5.97. The van der Waals surface area contributed by atoms with Crippen LogP contribution >= 0.6 is 12.2 Å². The average Bonchev–Trinajstić information content (AvgIpc) is 2.29. The highest BCUT2D eigenvalue weighted by atomic mass is 32.1. The van der Waals surface area contributed by atoms with Crippen molar-refractivity contribution in [3.63, 3.8) is 0 Å². The monoisotopic (exact) mass is 252 g/mol. The SMILES string of the molecule is C=CCn1c(O)c(C=CCCC)c(=O)[nH]c1=S. The summed E-state index contributed by atoms with van der Waals surface area (Å²) in [5.41, 5.74) is -0.144. The Morgan fingerprint density at radius 2 is 2.29 bits per heavy atom. The maximum atomic E-state index is 11.6. The average molecular weight is 252 g/mol. The van der Waals surface area contributed by atoms with Crippen LogP contribution in [0.25, 0.3) is 6.08 Å². The molecule has 0 atom stereocenters. The number of aromatic nitrogens is 2. The predicted octanol–water partition coefficient (Wildman–Crippen LogP) is 2.61. The maximum absolute atomic E-state index is 11.6. The lowest BCUT2D eigenvalue weighted by molar-refractivity contribution is 0.412. The highest BCUT2D eigenvalue weighted by Crippen LogP contribution is 2.15. The summed E-state index contributed by atoms with van der Waals surface area (Å²) < 4.78 is 1.62. The lowest BCUT2D eigenvalue weighted by Crippen LogP contribution is -2.16. The number of nitrogens with one attached hydrogen (secondary N) is 1. The van der Waals surface area contributed by atoms with Gasteiger partial charge in [-0.1, -0.05) is 25.5 Å². The Labute approximate surface area is 105 Å². The second-order valence-corrected chi connectivity index (χ2v) is 3.97. The van der Waals surface area contributed by atoms with E-state index in [0.717, 1.165) is 12.8 Å². The molecule has 1 rings (SSSR count). The van der Waals surface area contributed by atoms with Crippen LogP contribution in [0.2, 0.25) is 0 Å². The van der Waals surface area contributed by atoms with Gasteiger partial charge in [-0.05, 0) is 24.7 Å². The van der Waals surface area contributed by atoms with E-state index < -0.39 is 0 Å². The zero-order chi connectivity index (χ0) is 12.8. The summed E-state index contributed by atoms with van der Waals surface area (Å²) in [5, 5.41) is 9.96. The molecule has 1 aromatic heterocycles. The Morgan fingerprint density at radius 1 is 1.59 bits per heavy atom. The molecule has 0 bridgehead atoms. The molecule has 0 unspecified atom stereocenters. The van der Waals surface area contributed by atoms with Crippen molar-refractivity contribution in [3.8, 4) is 5.88 Å². The van der Waals surface area contributed by atoms with E-state index in [-0.39, 0.29) is 21.8 Å². The van der Waals surface area contributed by atoms with Crippen molar-refractivity contribution in [2.45, 2.75) is 26.3 Å². The highest BCUT2D eigenvalue weighted by molar-refractivity contribution is 7.71. The van der Waals surface area contributed by atoms with Gasteiger partial charge in [0.1, 0.15) is 0 Å². The van der Waals surface area contributed by atoms with Gasteiger partial charge in [-0.3, -0.25) is 14.3 Å². The summed E-state index contributed by atoms with van der Waals surface area (Å²) in [7, 11) is 0. The van der Waals surface area contributed by atoms with E-state index in [2.05, 4.69) is 11.6 Å². The van der Waals surface area contributed by atoms with Crippen LogP contribution in [0, 0.1) is 4.77 Å². The molecule has 4 nitrogen and oxygen atoms in total. The number of H-pyrrole nitrogens is 1. The van der Waals surface area contributed by atoms with Gasteiger partial charge in [0.15, 0.2) is 4.77 Å². The number of rotatable bonds is 5. The van der Waals surface area contributed by atoms with Crippen LogP contribution < -0.4 is 5.56 Å². The summed E-state index contributed by atoms with van der Waals surface area (Å²) in [6.07, 6.45) is 6.92. The summed E-state index contributed by atoms with van der Waals surface area (Å²) in [4.78, 5) is 14.2. The first-order chi connectivity index (χ1) is 8.11. The molecule has 0 aliphatic rings. The van der Waals surface area contributed by atoms with Crippen molar-refractivity contribution < 1.29 is 5.11 Å². The minimum absolute atomic E-state index is 0.119. The van der Waals surface area contributed by atoms with Crippen LogP contribution in [0.3, 0.4) is 0 Å². The van der Waals surface area contributed by atoms with Gasteiger partial charge >= 0.3 is 0 Å². The molecule has 0 fully saturated rings. The first kappa shape index (κ1) is 13.4. The smallest absolute Gasteiger partial charge is 0.262 e. The second kappa shape index (κ2) is 6.20. The number of aromatic amines is 1. The molecule has 2 N–H and O–H groups in total. The van der Waals surface area contributed by atoms with E-state index >= 15 is 0 Å². The van der Waals surface area contributed by atoms with Gasteiger partial charge in [0.05, 0.1) is 5.56 Å². The third-order valence-electron chi connectivity index (χ3n) is 2.26. The standard InChI is InChI=1S/C12H16N2O2S/c1-3-5-6-7-9-10(15)13-12(17)14(8-4-2)11(9)16/h4,6-7,16H,2-3,5,8H2,1H3,(H,13,15,17). The summed E-state index contributed by atoms with van der Waals surface area (Å²) in [6, 6.07) is 0. The number of aromatic hydroxyl groups is 1. The first-order valence-corrected chi connectivity index (χ1v) is 5.86. The Morgan fingerprint density at radius 3 is 2.88 bits per heavy atom. The first-order valence-electron chi connectivity index (χ1n) is 5.45. The topological polar surface area (TPSA) is 58.0 Å². The quantitative estimate of drug-likeness (QED) is 0.625. The molecule has 5 heteroatoms. The number of unbranched alkanes of at least 4 members (excludes halogenated alkanes) is 1. The van der Waals surface area contributed by atoms with E-state index in [9.17, 15) is 9.90 Å². The minimum Gasteiger partial charge on any atom is -0.494 e. The Bertz CT molecular complexity index is 540. The van der Waals surface area contributed by atoms with Crippen molar-refractivity contribution in [3.05, 3.63) is 39.4 Å². The van der Waals surface area contributed by atoms with Gasteiger partial charge in [0.2, 0.25) is 5.88 Å². The molecular weight excluding hydrogens is 236 g/mol. The van der Waals surface area contributed by atoms with E-state index in [4.69, 9.17) is 12.2 Å². The molecule has 92 valence electrons. The van der Waals surface area contributed by atoms with Crippen LogP contribution in [-0.4, -0.2) is 14.7 Å². The lowest BCUT2D eigenvalue weighted by Gasteiger charge is -2.08. The Hall–Kier alpha value is -1.62. The lowest BCUT2D eigenvalue weighted by atomic mass is 10.2. The Kier molecular flexibility index (Phi) is 4.90. The minimum atomic E-state index is -0.375. The van der Waals surface area contributed by atoms with Crippen LogP contribution in [0.1, 0.15) is 25.3 Å². The van der Waals surface area contributed by atoms with Gasteiger partial charge in [0, 0.05) is 6.54 Å². The van der Waals surface area contributed by atoms with Crippen LogP contribution in [0.15, 0.2) is 23.5 Å². The molecule has 0 aliphatic carbocycles. The van der Waals surface area contributed by atoms with Crippen molar-refractivity contribution in [2.24, 2.45) is 0 Å². The maximum Gasteiger partial charge on any atom is 0.262 e. The molecule has 0 spiro atoms. The molecule has 0 amide bonds. The van der Waals surface area contributed by atoms with Crippen molar-refractivity contribution in [2.75, 3.05) is 0 Å². The number of hydrogen-bond donors (Lipinski definition) is 2. The molecular formula is C12H16N2O2S. The number of nitrogens with zero attached hydrogens (tertiary/aromatic N) is 1. The third kappa shape index (κ3) is 3.17. The van der Waals surface area contributed by atoms with Crippen molar-refractivity contribution in [1.29, 1.82) is 0 Å². The van der Waals surface area contributed by atoms with E-state index in [1.54, 1.807) is 12.2 Å². The van der Waals surface area contributed by atoms with Gasteiger partial charge in [-0.25, -0.2) is 0 Å². The van der Waals surface area contributed by atoms with Gasteiger partial charge in [-0.15, -0.1) is 6.58 Å². The number of allylic oxidation sites excluding steroid dienone is 2. The molecule has 0 saturated heterocycles. The van der Waals surface area contributed by atoms with Crippen molar-refractivity contribution >= 4 is 18.3 Å². The van der Waals surface area contributed by atoms with Crippen LogP contribution in [-0.2, 0) is 6.54 Å². The molecule has 0 aliphatic heterocycles. The largest absolute Gasteiger partial charge is 0.494 e. The van der Waals surface area contributed by atoms with Gasteiger partial charge in [-0.2, -0.15) is 0 Å². The normalized spacial score (nSPS) is 10.9. The number of hydrogen-bond acceptors (Lipinski definition) is 3. The van der Waals surface area contributed by atoms with Gasteiger partial charge < -0.3 is 5.11 Å². The van der Waals surface area contributed by atoms with Crippen LogP contribution in [0.5, 0.6) is 5.88 Å². The molecule has 1 heterocycles. The molecule has 1 aromatic rings. The fourth-order valence-corrected chi connectivity index (χ4v) is 1.65. The van der Waals surface area contributed by atoms with E-state index in [0.29, 0.717) is 6.54 Å². The summed E-state index contributed by atoms with van der Waals surface area (Å²) in [5.74, 6) is -0.119. The van der Waals surface area contributed by atoms with Gasteiger partial charge in [0.25, 0.3) is 5.56 Å². The summed E-state index contributed by atoms with van der Waals surface area (Å²) >= 11 is 4.96. The molecule has 0 saturated carbocycles. The van der Waals surface area contributed by atoms with E-state index in [1.165, 1.54) is 4.57 Å². The zero-order valence-corrected chi connectivity index (χ0v) is 10.6. The van der Waals surface area contributed by atoms with E-state index in [1.807, 2.05) is 13.0 Å². The highest BCUT2D eigenvalue weighted by Gasteiger charge is 2.08. The molecule has 0 aromatic carbocycles. The molecule has 17 heavy (non-hydrogen) atoms. The second-order valence-electron chi connectivity index (χ2n) is 3.59. The molecule has 0 radical (unpaired) electrons. The third-order valence-corrected chi connectivity index (χ3v) is 2.58.